The summed E-state index contributed by atoms with van der Waals surface area (Å²) in [6.07, 6.45) is 6.50. The first-order valence-electron chi connectivity index (χ1n) is 10.6. The van der Waals surface area contributed by atoms with E-state index in [4.69, 9.17) is 0 Å². The fourth-order valence-corrected chi connectivity index (χ4v) is 3.16. The third-order valence-corrected chi connectivity index (χ3v) is 4.91. The number of pyridine rings is 1. The molecule has 2 heterocycles. The van der Waals surface area contributed by atoms with Crippen LogP contribution in [0.5, 0.6) is 0 Å². The Kier molecular flexibility index (Phi) is 9.19. The Hall–Kier alpha value is -3.46. The van der Waals surface area contributed by atoms with Gasteiger partial charge in [-0.15, -0.1) is 71.3 Å². The zero-order valence-corrected chi connectivity index (χ0v) is 20.7. The smallest absolute Gasteiger partial charge is 0.0748 e. The third kappa shape index (κ3) is 6.76. The fourth-order valence-electron chi connectivity index (χ4n) is 3.16. The molecule has 0 unspecified atom stereocenters. The van der Waals surface area contributed by atoms with Crippen molar-refractivity contribution in [2.24, 2.45) is 0 Å². The van der Waals surface area contributed by atoms with Crippen LogP contribution in [0.15, 0.2) is 110 Å². The Labute approximate surface area is 209 Å². The van der Waals surface area contributed by atoms with Gasteiger partial charge in [0, 0.05) is 38.7 Å². The van der Waals surface area contributed by atoms with E-state index < -0.39 is 0 Å². The minimum Gasteiger partial charge on any atom is -0.305 e. The fraction of sp³-hybridized carbons (Fsp3) is 0.0690. The Morgan fingerprint density at radius 2 is 1.39 bits per heavy atom. The molecular weight excluding hydrogens is 583 g/mol. The van der Waals surface area contributed by atoms with E-state index in [2.05, 4.69) is 58.3 Å². The van der Waals surface area contributed by atoms with E-state index in [1.165, 1.54) is 5.56 Å². The summed E-state index contributed by atoms with van der Waals surface area (Å²) in [7, 11) is 0. The number of aryl methyl sites for hydroxylation is 1. The normalized spacial score (nSPS) is 9.85. The number of aromatic nitrogens is 3. The van der Waals surface area contributed by atoms with Gasteiger partial charge in [0.1, 0.15) is 0 Å². The van der Waals surface area contributed by atoms with Gasteiger partial charge in [-0.25, -0.2) is 0 Å². The number of rotatable bonds is 4. The van der Waals surface area contributed by atoms with Crippen molar-refractivity contribution in [1.82, 2.24) is 15.0 Å². The minimum absolute atomic E-state index is 0. The molecule has 0 spiro atoms. The molecule has 5 aromatic rings. The maximum Gasteiger partial charge on any atom is 0.0748 e. The van der Waals surface area contributed by atoms with E-state index in [1.807, 2.05) is 79.1 Å². The van der Waals surface area contributed by atoms with Gasteiger partial charge in [0.2, 0.25) is 0 Å². The van der Waals surface area contributed by atoms with E-state index in [9.17, 15) is 0 Å². The van der Waals surface area contributed by atoms with Gasteiger partial charge in [-0.2, -0.15) is 0 Å². The molecule has 1 radical (unpaired) electrons. The predicted octanol–water partition coefficient (Wildman–Crippen LogP) is 6.72. The SMILES string of the molecule is CCc1cnc(-c2[c-]ccc(-c3ccccc3)c2)nc1.[Ir].[c-]1ccccc1-c1ccccn1. The van der Waals surface area contributed by atoms with Crippen LogP contribution in [0.4, 0.5) is 0 Å². The van der Waals surface area contributed by atoms with Crippen LogP contribution in [0.1, 0.15) is 12.5 Å². The van der Waals surface area contributed by atoms with Crippen molar-refractivity contribution in [2.45, 2.75) is 13.3 Å². The van der Waals surface area contributed by atoms with Crippen molar-refractivity contribution in [3.05, 3.63) is 127 Å². The van der Waals surface area contributed by atoms with Crippen molar-refractivity contribution >= 4 is 0 Å². The van der Waals surface area contributed by atoms with Crippen LogP contribution in [-0.2, 0) is 26.5 Å². The van der Waals surface area contributed by atoms with Gasteiger partial charge in [0.25, 0.3) is 0 Å². The monoisotopic (exact) mass is 606 g/mol. The molecule has 0 fully saturated rings. The zero-order chi connectivity index (χ0) is 22.0. The largest absolute Gasteiger partial charge is 0.305 e. The van der Waals surface area contributed by atoms with Crippen LogP contribution >= 0.6 is 0 Å². The molecule has 2 aromatic heterocycles. The van der Waals surface area contributed by atoms with Gasteiger partial charge < -0.3 is 4.98 Å². The Morgan fingerprint density at radius 3 is 2.06 bits per heavy atom. The van der Waals surface area contributed by atoms with Crippen LogP contribution < -0.4 is 0 Å². The van der Waals surface area contributed by atoms with E-state index >= 15 is 0 Å². The number of benzene rings is 3. The molecule has 0 bridgehead atoms. The summed E-state index contributed by atoms with van der Waals surface area (Å²) >= 11 is 0. The van der Waals surface area contributed by atoms with Gasteiger partial charge in [0.05, 0.1) is 5.82 Å². The number of hydrogen-bond donors (Lipinski definition) is 0. The molecule has 0 N–H and O–H groups in total. The summed E-state index contributed by atoms with van der Waals surface area (Å²) in [6.45, 7) is 2.10. The van der Waals surface area contributed by atoms with E-state index in [-0.39, 0.29) is 20.1 Å². The quantitative estimate of drug-likeness (QED) is 0.214. The van der Waals surface area contributed by atoms with Crippen LogP contribution in [0.2, 0.25) is 0 Å². The maximum atomic E-state index is 4.41. The molecule has 3 aromatic carbocycles. The standard InChI is InChI=1S/C18H15N2.C11H8N.Ir/c1-2-14-12-19-18(20-13-14)17-10-6-9-16(11-17)15-7-4-3-5-8-15;1-2-6-10(7-3-1)11-8-4-5-9-12-11;/h3-9,11-13H,2H2,1H3;1-6,8-9H;/q2*-1;. The Bertz CT molecular complexity index is 1190. The molecule has 0 saturated heterocycles. The summed E-state index contributed by atoms with van der Waals surface area (Å²) in [5.41, 5.74) is 6.42. The maximum absolute atomic E-state index is 4.41. The van der Waals surface area contributed by atoms with Crippen molar-refractivity contribution in [3.63, 3.8) is 0 Å². The number of nitrogens with zero attached hydrogens (tertiary/aromatic N) is 3. The Morgan fingerprint density at radius 1 is 0.667 bits per heavy atom. The second kappa shape index (κ2) is 12.5. The summed E-state index contributed by atoms with van der Waals surface area (Å²) < 4.78 is 0. The van der Waals surface area contributed by atoms with E-state index in [0.29, 0.717) is 0 Å². The molecule has 0 aliphatic heterocycles. The summed E-state index contributed by atoms with van der Waals surface area (Å²) in [5.74, 6) is 0.722. The molecule has 33 heavy (non-hydrogen) atoms. The second-order valence-electron chi connectivity index (χ2n) is 7.12. The topological polar surface area (TPSA) is 38.7 Å². The molecule has 0 saturated carbocycles. The van der Waals surface area contributed by atoms with Crippen molar-refractivity contribution in [1.29, 1.82) is 0 Å². The van der Waals surface area contributed by atoms with Gasteiger partial charge >= 0.3 is 0 Å². The second-order valence-corrected chi connectivity index (χ2v) is 7.12. The zero-order valence-electron chi connectivity index (χ0n) is 18.3. The van der Waals surface area contributed by atoms with Crippen molar-refractivity contribution < 1.29 is 20.1 Å². The average Bonchev–Trinajstić information content (AvgIpc) is 2.91. The predicted molar refractivity (Wildman–Crippen MR) is 130 cm³/mol. The van der Waals surface area contributed by atoms with Gasteiger partial charge in [0.15, 0.2) is 0 Å². The van der Waals surface area contributed by atoms with Crippen molar-refractivity contribution in [2.75, 3.05) is 0 Å². The molecule has 0 amide bonds. The van der Waals surface area contributed by atoms with Gasteiger partial charge in [-0.05, 0) is 29.3 Å². The minimum atomic E-state index is 0. The molecule has 4 heteroatoms. The Balaban J connectivity index is 0.000000202. The first-order valence-corrected chi connectivity index (χ1v) is 10.6. The summed E-state index contributed by atoms with van der Waals surface area (Å²) in [4.78, 5) is 13.0. The molecule has 3 nitrogen and oxygen atoms in total. The summed E-state index contributed by atoms with van der Waals surface area (Å²) in [5, 5.41) is 0. The molecular formula is C29H23IrN3-2. The molecule has 0 aliphatic rings. The van der Waals surface area contributed by atoms with E-state index in [1.54, 1.807) is 6.20 Å². The molecule has 0 aliphatic carbocycles. The van der Waals surface area contributed by atoms with Gasteiger partial charge in [-0.1, -0.05) is 49.4 Å². The van der Waals surface area contributed by atoms with E-state index in [0.717, 1.165) is 40.2 Å². The van der Waals surface area contributed by atoms with Crippen molar-refractivity contribution in [3.8, 4) is 33.8 Å². The molecule has 0 atom stereocenters. The van der Waals surface area contributed by atoms with Crippen LogP contribution in [-0.4, -0.2) is 15.0 Å². The van der Waals surface area contributed by atoms with Crippen LogP contribution in [0.3, 0.4) is 0 Å². The number of hydrogen-bond acceptors (Lipinski definition) is 3. The van der Waals surface area contributed by atoms with Crippen LogP contribution in [0.25, 0.3) is 33.8 Å². The molecule has 5 rings (SSSR count). The van der Waals surface area contributed by atoms with Gasteiger partial charge in [-0.3, -0.25) is 9.97 Å². The first kappa shape index (κ1) is 24.2. The van der Waals surface area contributed by atoms with Crippen LogP contribution in [0, 0.1) is 12.1 Å². The average molecular weight is 606 g/mol. The third-order valence-electron chi connectivity index (χ3n) is 4.91. The first-order chi connectivity index (χ1) is 15.8. The summed E-state index contributed by atoms with van der Waals surface area (Å²) in [6, 6.07) is 36.4. The molecule has 165 valence electrons.